The van der Waals surface area contributed by atoms with Crippen molar-refractivity contribution in [3.63, 3.8) is 0 Å². The standard InChI is InChI=1S/C14H11I2N3O3/c15-11-5-9(14(17)18)6-12(16)13(11)22-7-8-2-1-3-10(4-8)19(20)21/h1-6H,7H2,(H3,17,18). The molecule has 0 atom stereocenters. The number of rotatable bonds is 5. The molecule has 2 aromatic carbocycles. The topological polar surface area (TPSA) is 102 Å². The van der Waals surface area contributed by atoms with Crippen LogP contribution in [0.25, 0.3) is 0 Å². The highest BCUT2D eigenvalue weighted by molar-refractivity contribution is 14.1. The number of hydrogen-bond acceptors (Lipinski definition) is 4. The van der Waals surface area contributed by atoms with Crippen molar-refractivity contribution in [2.45, 2.75) is 6.61 Å². The Morgan fingerprint density at radius 3 is 2.45 bits per heavy atom. The SMILES string of the molecule is N=C(N)c1cc(I)c(OCc2cccc([N+](=O)[O-])c2)c(I)c1. The Morgan fingerprint density at radius 1 is 1.27 bits per heavy atom. The lowest BCUT2D eigenvalue weighted by molar-refractivity contribution is -0.384. The summed E-state index contributed by atoms with van der Waals surface area (Å²) in [6, 6.07) is 9.88. The van der Waals surface area contributed by atoms with E-state index in [1.54, 1.807) is 24.3 Å². The molecule has 0 aliphatic rings. The first-order valence-corrected chi connectivity index (χ1v) is 8.24. The molecule has 0 aliphatic heterocycles. The maximum absolute atomic E-state index is 10.8. The highest BCUT2D eigenvalue weighted by atomic mass is 127. The Kier molecular flexibility index (Phi) is 5.56. The zero-order valence-corrected chi connectivity index (χ0v) is 15.5. The summed E-state index contributed by atoms with van der Waals surface area (Å²) in [7, 11) is 0. The van der Waals surface area contributed by atoms with Gasteiger partial charge >= 0.3 is 0 Å². The molecule has 2 aromatic rings. The van der Waals surface area contributed by atoms with Crippen LogP contribution in [-0.4, -0.2) is 10.8 Å². The van der Waals surface area contributed by atoms with E-state index in [4.69, 9.17) is 15.9 Å². The largest absolute Gasteiger partial charge is 0.487 e. The zero-order chi connectivity index (χ0) is 16.3. The maximum Gasteiger partial charge on any atom is 0.269 e. The summed E-state index contributed by atoms with van der Waals surface area (Å²) in [5.41, 5.74) is 6.88. The average Bonchev–Trinajstić information content (AvgIpc) is 2.46. The lowest BCUT2D eigenvalue weighted by atomic mass is 10.2. The lowest BCUT2D eigenvalue weighted by Gasteiger charge is -2.12. The number of ether oxygens (including phenoxy) is 1. The Balaban J connectivity index is 2.20. The van der Waals surface area contributed by atoms with Gasteiger partial charge in [0.25, 0.3) is 5.69 Å². The van der Waals surface area contributed by atoms with Gasteiger partial charge in [0.1, 0.15) is 18.2 Å². The molecule has 0 saturated carbocycles. The molecule has 0 aliphatic carbocycles. The molecule has 0 bridgehead atoms. The van der Waals surface area contributed by atoms with Crippen molar-refractivity contribution in [2.75, 3.05) is 0 Å². The molecule has 0 aromatic heterocycles. The van der Waals surface area contributed by atoms with Gasteiger partial charge in [-0.1, -0.05) is 12.1 Å². The molecule has 3 N–H and O–H groups in total. The Labute approximate surface area is 154 Å². The molecule has 0 heterocycles. The van der Waals surface area contributed by atoms with E-state index < -0.39 is 4.92 Å². The summed E-state index contributed by atoms with van der Waals surface area (Å²) in [6.07, 6.45) is 0. The molecule has 0 unspecified atom stereocenters. The van der Waals surface area contributed by atoms with Crippen LogP contribution in [0.1, 0.15) is 11.1 Å². The van der Waals surface area contributed by atoms with Gasteiger partial charge in [-0.15, -0.1) is 0 Å². The predicted octanol–water partition coefficient (Wildman–Crippen LogP) is 3.67. The van der Waals surface area contributed by atoms with Crippen LogP contribution >= 0.6 is 45.2 Å². The number of non-ortho nitro benzene ring substituents is 1. The molecule has 0 amide bonds. The minimum atomic E-state index is -0.432. The number of nitrogen functional groups attached to an aromatic ring is 1. The van der Waals surface area contributed by atoms with Crippen LogP contribution in [0.4, 0.5) is 5.69 Å². The van der Waals surface area contributed by atoms with Gasteiger partial charge in [0.05, 0.1) is 12.1 Å². The van der Waals surface area contributed by atoms with E-state index in [0.29, 0.717) is 11.3 Å². The second kappa shape index (κ2) is 7.22. The van der Waals surface area contributed by atoms with Gasteiger partial charge in [-0.3, -0.25) is 15.5 Å². The molecule has 8 heteroatoms. The molecule has 0 spiro atoms. The lowest BCUT2D eigenvalue weighted by Crippen LogP contribution is -2.12. The molecule has 6 nitrogen and oxygen atoms in total. The fourth-order valence-corrected chi connectivity index (χ4v) is 3.85. The van der Waals surface area contributed by atoms with Crippen LogP contribution < -0.4 is 10.5 Å². The van der Waals surface area contributed by atoms with Crippen molar-refractivity contribution < 1.29 is 9.66 Å². The van der Waals surface area contributed by atoms with Gasteiger partial charge in [-0.2, -0.15) is 0 Å². The zero-order valence-electron chi connectivity index (χ0n) is 11.2. The van der Waals surface area contributed by atoms with Gasteiger partial charge < -0.3 is 10.5 Å². The number of nitrogens with one attached hydrogen (secondary N) is 1. The third-order valence-electron chi connectivity index (χ3n) is 2.81. The van der Waals surface area contributed by atoms with Crippen LogP contribution in [0.2, 0.25) is 0 Å². The maximum atomic E-state index is 10.8. The predicted molar refractivity (Wildman–Crippen MR) is 100 cm³/mol. The van der Waals surface area contributed by atoms with Crippen LogP contribution in [0, 0.1) is 22.7 Å². The van der Waals surface area contributed by atoms with E-state index in [2.05, 4.69) is 45.2 Å². The average molecular weight is 523 g/mol. The molecular formula is C14H11I2N3O3. The van der Waals surface area contributed by atoms with Crippen LogP contribution in [0.15, 0.2) is 36.4 Å². The van der Waals surface area contributed by atoms with E-state index in [1.807, 2.05) is 0 Å². The van der Waals surface area contributed by atoms with E-state index in [0.717, 1.165) is 12.7 Å². The van der Waals surface area contributed by atoms with Gasteiger partial charge in [0.15, 0.2) is 0 Å². The highest BCUT2D eigenvalue weighted by Crippen LogP contribution is 2.29. The first kappa shape index (κ1) is 16.9. The van der Waals surface area contributed by atoms with Crippen LogP contribution in [0.3, 0.4) is 0 Å². The summed E-state index contributed by atoms with van der Waals surface area (Å²) < 4.78 is 7.44. The number of nitro groups is 1. The van der Waals surface area contributed by atoms with Crippen molar-refractivity contribution in [1.82, 2.24) is 0 Å². The first-order chi connectivity index (χ1) is 10.4. The molecule has 0 radical (unpaired) electrons. The van der Waals surface area contributed by atoms with Crippen molar-refractivity contribution in [2.24, 2.45) is 5.73 Å². The quantitative estimate of drug-likeness (QED) is 0.206. The van der Waals surface area contributed by atoms with E-state index >= 15 is 0 Å². The number of benzene rings is 2. The van der Waals surface area contributed by atoms with Crippen molar-refractivity contribution in [3.8, 4) is 5.75 Å². The summed E-state index contributed by atoms with van der Waals surface area (Å²) in [6.45, 7) is 0.229. The highest BCUT2D eigenvalue weighted by Gasteiger charge is 2.12. The normalized spacial score (nSPS) is 10.3. The van der Waals surface area contributed by atoms with Crippen molar-refractivity contribution >= 4 is 56.7 Å². The third-order valence-corrected chi connectivity index (χ3v) is 4.42. The van der Waals surface area contributed by atoms with E-state index in [-0.39, 0.29) is 18.1 Å². The smallest absolute Gasteiger partial charge is 0.269 e. The first-order valence-electron chi connectivity index (χ1n) is 6.08. The van der Waals surface area contributed by atoms with Crippen molar-refractivity contribution in [3.05, 3.63) is 64.8 Å². The summed E-state index contributed by atoms with van der Waals surface area (Å²) in [4.78, 5) is 10.3. The third kappa shape index (κ3) is 4.06. The summed E-state index contributed by atoms with van der Waals surface area (Å²) >= 11 is 4.23. The molecule has 2 rings (SSSR count). The Morgan fingerprint density at radius 2 is 1.91 bits per heavy atom. The molecular weight excluding hydrogens is 512 g/mol. The summed E-state index contributed by atoms with van der Waals surface area (Å²) in [5, 5.41) is 18.2. The van der Waals surface area contributed by atoms with Gasteiger partial charge in [0, 0.05) is 17.7 Å². The second-order valence-electron chi connectivity index (χ2n) is 4.40. The number of nitrogens with zero attached hydrogens (tertiary/aromatic N) is 1. The monoisotopic (exact) mass is 523 g/mol. The fourth-order valence-electron chi connectivity index (χ4n) is 1.77. The van der Waals surface area contributed by atoms with Gasteiger partial charge in [0.2, 0.25) is 0 Å². The molecule has 22 heavy (non-hydrogen) atoms. The molecule has 114 valence electrons. The van der Waals surface area contributed by atoms with Gasteiger partial charge in [-0.25, -0.2) is 0 Å². The van der Waals surface area contributed by atoms with Gasteiger partial charge in [-0.05, 0) is 62.9 Å². The Bertz CT molecular complexity index is 727. The minimum absolute atomic E-state index is 0.000987. The fraction of sp³-hybridized carbons (Fsp3) is 0.0714. The second-order valence-corrected chi connectivity index (χ2v) is 6.72. The van der Waals surface area contributed by atoms with E-state index in [1.165, 1.54) is 12.1 Å². The molecule has 0 fully saturated rings. The number of hydrogen-bond donors (Lipinski definition) is 2. The molecule has 0 saturated heterocycles. The number of amidine groups is 1. The van der Waals surface area contributed by atoms with Crippen molar-refractivity contribution in [1.29, 1.82) is 5.41 Å². The Hall–Kier alpha value is -1.43. The van der Waals surface area contributed by atoms with E-state index in [9.17, 15) is 10.1 Å². The van der Waals surface area contributed by atoms with Crippen LogP contribution in [0.5, 0.6) is 5.75 Å². The van der Waals surface area contributed by atoms with Crippen LogP contribution in [-0.2, 0) is 6.61 Å². The number of halogens is 2. The minimum Gasteiger partial charge on any atom is -0.487 e. The number of nitro benzene ring substituents is 1. The number of nitrogens with two attached hydrogens (primary N) is 1. The summed E-state index contributed by atoms with van der Waals surface area (Å²) in [5.74, 6) is 0.679.